The summed E-state index contributed by atoms with van der Waals surface area (Å²) in [6.07, 6.45) is 0.735. The molecular formula is C18H15Cl2N3O2S2. The highest BCUT2D eigenvalue weighted by Gasteiger charge is 2.12. The van der Waals surface area contributed by atoms with E-state index >= 15 is 0 Å². The first-order valence-corrected chi connectivity index (χ1v) is 10.5. The van der Waals surface area contributed by atoms with Gasteiger partial charge in [-0.3, -0.25) is 14.9 Å². The van der Waals surface area contributed by atoms with Gasteiger partial charge in [-0.25, -0.2) is 4.98 Å². The van der Waals surface area contributed by atoms with Gasteiger partial charge in [-0.05, 0) is 29.5 Å². The number of amides is 2. The normalized spacial score (nSPS) is 10.6. The van der Waals surface area contributed by atoms with E-state index in [4.69, 9.17) is 23.2 Å². The minimum absolute atomic E-state index is 0.144. The average Bonchev–Trinajstić information content (AvgIpc) is 3.31. The van der Waals surface area contributed by atoms with Crippen molar-refractivity contribution >= 4 is 62.8 Å². The van der Waals surface area contributed by atoms with E-state index in [1.54, 1.807) is 17.5 Å². The standard InChI is InChI=1S/C18H15Cl2N3O2S2/c19-13-4-1-3-11(16(13)20)6-7-21-15(24)9-12-10-27-18(22-12)23-17(25)14-5-2-8-26-14/h1-5,8,10H,6-7,9H2,(H,21,24)(H,22,23,25). The number of thiazole rings is 1. The molecule has 0 fully saturated rings. The van der Waals surface area contributed by atoms with Gasteiger partial charge in [0.1, 0.15) is 0 Å². The molecule has 2 heterocycles. The number of nitrogens with zero attached hydrogens (tertiary/aromatic N) is 1. The monoisotopic (exact) mass is 439 g/mol. The number of anilines is 1. The van der Waals surface area contributed by atoms with Crippen molar-refractivity contribution in [3.8, 4) is 0 Å². The molecule has 3 aromatic rings. The van der Waals surface area contributed by atoms with Crippen molar-refractivity contribution < 1.29 is 9.59 Å². The number of carbonyl (C=O) groups excluding carboxylic acids is 2. The molecule has 0 aliphatic heterocycles. The Labute approximate surface area is 174 Å². The Morgan fingerprint density at radius 1 is 1.11 bits per heavy atom. The largest absolute Gasteiger partial charge is 0.355 e. The Bertz CT molecular complexity index is 942. The van der Waals surface area contributed by atoms with E-state index in [0.717, 1.165) is 5.56 Å². The van der Waals surface area contributed by atoms with Crippen LogP contribution in [0.15, 0.2) is 41.1 Å². The Morgan fingerprint density at radius 3 is 2.74 bits per heavy atom. The fraction of sp³-hybridized carbons (Fsp3) is 0.167. The summed E-state index contributed by atoms with van der Waals surface area (Å²) in [5.74, 6) is -0.344. The van der Waals surface area contributed by atoms with Crippen LogP contribution in [-0.2, 0) is 17.6 Å². The number of aromatic nitrogens is 1. The number of benzene rings is 1. The van der Waals surface area contributed by atoms with E-state index in [0.29, 0.717) is 38.7 Å². The molecule has 0 spiro atoms. The minimum atomic E-state index is -0.200. The summed E-state index contributed by atoms with van der Waals surface area (Å²) in [5.41, 5.74) is 1.50. The second-order valence-electron chi connectivity index (χ2n) is 5.57. The van der Waals surface area contributed by atoms with E-state index in [2.05, 4.69) is 15.6 Å². The van der Waals surface area contributed by atoms with Crippen LogP contribution in [0.3, 0.4) is 0 Å². The molecule has 0 bridgehead atoms. The van der Waals surface area contributed by atoms with E-state index in [1.807, 2.05) is 23.6 Å². The zero-order valence-electron chi connectivity index (χ0n) is 14.0. The van der Waals surface area contributed by atoms with E-state index in [1.165, 1.54) is 22.7 Å². The first-order valence-electron chi connectivity index (χ1n) is 8.02. The lowest BCUT2D eigenvalue weighted by Gasteiger charge is -2.07. The quantitative estimate of drug-likeness (QED) is 0.561. The second-order valence-corrected chi connectivity index (χ2v) is 8.16. The van der Waals surface area contributed by atoms with E-state index < -0.39 is 0 Å². The third-order valence-corrected chi connectivity index (χ3v) is 6.14. The van der Waals surface area contributed by atoms with Gasteiger partial charge >= 0.3 is 0 Å². The van der Waals surface area contributed by atoms with Crippen LogP contribution in [-0.4, -0.2) is 23.3 Å². The zero-order chi connectivity index (χ0) is 19.2. The predicted molar refractivity (Wildman–Crippen MR) is 111 cm³/mol. The smallest absolute Gasteiger partial charge is 0.267 e. The van der Waals surface area contributed by atoms with Crippen molar-refractivity contribution in [1.82, 2.24) is 10.3 Å². The van der Waals surface area contributed by atoms with Gasteiger partial charge in [-0.2, -0.15) is 0 Å². The van der Waals surface area contributed by atoms with Crippen LogP contribution in [0, 0.1) is 0 Å². The summed E-state index contributed by atoms with van der Waals surface area (Å²) < 4.78 is 0. The molecule has 0 aliphatic carbocycles. The molecule has 9 heteroatoms. The summed E-state index contributed by atoms with van der Waals surface area (Å²) in [6, 6.07) is 8.99. The highest BCUT2D eigenvalue weighted by molar-refractivity contribution is 7.14. The SMILES string of the molecule is O=C(Cc1csc(NC(=O)c2cccs2)n1)NCCc1cccc(Cl)c1Cl. The summed E-state index contributed by atoms with van der Waals surface area (Å²) in [7, 11) is 0. The molecule has 2 amide bonds. The van der Waals surface area contributed by atoms with Gasteiger partial charge in [0, 0.05) is 11.9 Å². The molecule has 140 valence electrons. The third kappa shape index (κ3) is 5.52. The lowest BCUT2D eigenvalue weighted by molar-refractivity contribution is -0.120. The summed E-state index contributed by atoms with van der Waals surface area (Å²) in [4.78, 5) is 29.0. The molecule has 2 aromatic heterocycles. The molecule has 0 aliphatic rings. The van der Waals surface area contributed by atoms with Crippen LogP contribution < -0.4 is 10.6 Å². The van der Waals surface area contributed by atoms with Gasteiger partial charge in [-0.15, -0.1) is 22.7 Å². The topological polar surface area (TPSA) is 71.1 Å². The third-order valence-electron chi connectivity index (χ3n) is 3.61. The second kappa shape index (κ2) is 9.32. The van der Waals surface area contributed by atoms with Gasteiger partial charge in [0.2, 0.25) is 5.91 Å². The maximum Gasteiger partial charge on any atom is 0.267 e. The predicted octanol–water partition coefficient (Wildman–Crippen LogP) is 4.67. The van der Waals surface area contributed by atoms with E-state index in [9.17, 15) is 9.59 Å². The molecule has 0 atom stereocenters. The molecule has 5 nitrogen and oxygen atoms in total. The molecule has 3 rings (SSSR count). The van der Waals surface area contributed by atoms with Gasteiger partial charge in [0.25, 0.3) is 5.91 Å². The Hall–Kier alpha value is -1.93. The van der Waals surface area contributed by atoms with Crippen molar-refractivity contribution in [2.45, 2.75) is 12.8 Å². The highest BCUT2D eigenvalue weighted by Crippen LogP contribution is 2.25. The molecule has 1 aromatic carbocycles. The number of carbonyl (C=O) groups is 2. The van der Waals surface area contributed by atoms with Crippen molar-refractivity contribution in [1.29, 1.82) is 0 Å². The average molecular weight is 440 g/mol. The van der Waals surface area contributed by atoms with Crippen LogP contribution in [0.25, 0.3) is 0 Å². The van der Waals surface area contributed by atoms with Crippen LogP contribution in [0.1, 0.15) is 20.9 Å². The van der Waals surface area contributed by atoms with Crippen molar-refractivity contribution in [3.05, 3.63) is 67.3 Å². The lowest BCUT2D eigenvalue weighted by atomic mass is 10.1. The van der Waals surface area contributed by atoms with Crippen LogP contribution in [0.5, 0.6) is 0 Å². The first-order chi connectivity index (χ1) is 13.0. The number of halogens is 2. The van der Waals surface area contributed by atoms with Gasteiger partial charge in [0.15, 0.2) is 5.13 Å². The number of thiophene rings is 1. The number of hydrogen-bond donors (Lipinski definition) is 2. The number of hydrogen-bond acceptors (Lipinski definition) is 5. The zero-order valence-corrected chi connectivity index (χ0v) is 17.1. The molecule has 0 unspecified atom stereocenters. The molecule has 27 heavy (non-hydrogen) atoms. The van der Waals surface area contributed by atoms with Gasteiger partial charge < -0.3 is 5.32 Å². The van der Waals surface area contributed by atoms with Crippen LogP contribution in [0.4, 0.5) is 5.13 Å². The Kier molecular flexibility index (Phi) is 6.84. The van der Waals surface area contributed by atoms with Crippen LogP contribution >= 0.6 is 45.9 Å². The van der Waals surface area contributed by atoms with Gasteiger partial charge in [-0.1, -0.05) is 41.4 Å². The Balaban J connectivity index is 1.46. The number of rotatable bonds is 7. The summed E-state index contributed by atoms with van der Waals surface area (Å²) >= 11 is 14.8. The first kappa shape index (κ1) is 19.8. The maximum absolute atomic E-state index is 12.1. The fourth-order valence-electron chi connectivity index (χ4n) is 2.32. The summed E-state index contributed by atoms with van der Waals surface area (Å²) in [5, 5.41) is 10.7. The molecule has 2 N–H and O–H groups in total. The fourth-order valence-corrected chi connectivity index (χ4v) is 4.06. The van der Waals surface area contributed by atoms with Crippen molar-refractivity contribution in [2.24, 2.45) is 0 Å². The highest BCUT2D eigenvalue weighted by atomic mass is 35.5. The molecule has 0 saturated carbocycles. The maximum atomic E-state index is 12.1. The summed E-state index contributed by atoms with van der Waals surface area (Å²) in [6.45, 7) is 0.449. The lowest BCUT2D eigenvalue weighted by Crippen LogP contribution is -2.27. The van der Waals surface area contributed by atoms with Crippen LogP contribution in [0.2, 0.25) is 10.0 Å². The van der Waals surface area contributed by atoms with Crippen molar-refractivity contribution in [2.75, 3.05) is 11.9 Å². The van der Waals surface area contributed by atoms with E-state index in [-0.39, 0.29) is 18.2 Å². The molecule has 0 radical (unpaired) electrons. The minimum Gasteiger partial charge on any atom is -0.355 e. The molecule has 0 saturated heterocycles. The van der Waals surface area contributed by atoms with Crippen molar-refractivity contribution in [3.63, 3.8) is 0 Å². The Morgan fingerprint density at radius 2 is 1.96 bits per heavy atom. The molecular weight excluding hydrogens is 425 g/mol. The number of nitrogens with one attached hydrogen (secondary N) is 2. The van der Waals surface area contributed by atoms with Gasteiger partial charge in [0.05, 0.1) is 27.0 Å².